The first kappa shape index (κ1) is 15.3. The van der Waals surface area contributed by atoms with E-state index >= 15 is 0 Å². The smallest absolute Gasteiger partial charge is 0.270 e. The minimum atomic E-state index is -0.135. The van der Waals surface area contributed by atoms with Gasteiger partial charge in [-0.1, -0.05) is 43.3 Å². The number of aryl methyl sites for hydroxylation is 1. The van der Waals surface area contributed by atoms with Gasteiger partial charge in [0.2, 0.25) is 0 Å². The Labute approximate surface area is 144 Å². The quantitative estimate of drug-likeness (QED) is 0.624. The van der Waals surface area contributed by atoms with Gasteiger partial charge in [-0.25, -0.2) is 14.6 Å². The van der Waals surface area contributed by atoms with Crippen LogP contribution < -0.4 is 5.56 Å². The van der Waals surface area contributed by atoms with Gasteiger partial charge >= 0.3 is 0 Å². The summed E-state index contributed by atoms with van der Waals surface area (Å²) in [5.41, 5.74) is 4.02. The lowest BCUT2D eigenvalue weighted by molar-refractivity contribution is 0.594. The van der Waals surface area contributed by atoms with Gasteiger partial charge < -0.3 is 4.98 Å². The first-order valence-corrected chi connectivity index (χ1v) is 8.18. The Balaban J connectivity index is 1.89. The van der Waals surface area contributed by atoms with Crippen molar-refractivity contribution in [2.45, 2.75) is 19.4 Å². The molecule has 0 aliphatic heterocycles. The molecule has 1 atom stereocenters. The minimum absolute atomic E-state index is 0.123. The summed E-state index contributed by atoms with van der Waals surface area (Å²) in [5.74, 6) is 0. The summed E-state index contributed by atoms with van der Waals surface area (Å²) in [6, 6.07) is 15.9. The molecule has 0 aliphatic carbocycles. The maximum absolute atomic E-state index is 12.1. The van der Waals surface area contributed by atoms with Crippen LogP contribution in [0.5, 0.6) is 0 Å². The fourth-order valence-corrected chi connectivity index (χ4v) is 3.04. The molecule has 0 saturated heterocycles. The molecule has 0 saturated carbocycles. The van der Waals surface area contributed by atoms with Crippen LogP contribution in [0.15, 0.2) is 66.0 Å². The van der Waals surface area contributed by atoms with Gasteiger partial charge in [0.25, 0.3) is 5.56 Å². The second-order valence-corrected chi connectivity index (χ2v) is 5.83. The third-order valence-corrected chi connectivity index (χ3v) is 4.25. The molecule has 4 rings (SSSR count). The van der Waals surface area contributed by atoms with E-state index in [1.807, 2.05) is 48.0 Å². The average Bonchev–Trinajstić information content (AvgIpc) is 3.16. The lowest BCUT2D eigenvalue weighted by Crippen LogP contribution is -2.16. The summed E-state index contributed by atoms with van der Waals surface area (Å²) < 4.78 is 1.81. The average molecular weight is 331 g/mol. The Morgan fingerprint density at radius 3 is 2.68 bits per heavy atom. The van der Waals surface area contributed by atoms with Crippen molar-refractivity contribution in [3.63, 3.8) is 0 Å². The molecule has 0 fully saturated rings. The number of hydrogen-bond acceptors (Lipinski definition) is 4. The molecule has 6 heteroatoms. The number of hydrogen-bond donors (Lipinski definition) is 1. The Bertz CT molecular complexity index is 1050. The van der Waals surface area contributed by atoms with Crippen LogP contribution in [0.3, 0.4) is 0 Å². The standard InChI is InChI=1S/C19H17N5O/c1-2-15-19(25)23-17-10-14(8-9-16(17)22-15)18(24-12-20-11-21-24)13-6-4-3-5-7-13/h3-12,18H,2H2,1H3,(H,23,25). The molecule has 0 radical (unpaired) electrons. The zero-order chi connectivity index (χ0) is 17.2. The molecule has 4 aromatic rings. The Morgan fingerprint density at radius 2 is 1.96 bits per heavy atom. The van der Waals surface area contributed by atoms with Gasteiger partial charge in [-0.15, -0.1) is 0 Å². The van der Waals surface area contributed by atoms with E-state index in [4.69, 9.17) is 0 Å². The van der Waals surface area contributed by atoms with Gasteiger partial charge in [0, 0.05) is 0 Å². The van der Waals surface area contributed by atoms with Crippen LogP contribution in [-0.4, -0.2) is 24.7 Å². The number of rotatable bonds is 4. The highest BCUT2D eigenvalue weighted by Crippen LogP contribution is 2.27. The number of H-pyrrole nitrogens is 1. The van der Waals surface area contributed by atoms with Crippen LogP contribution in [-0.2, 0) is 6.42 Å². The lowest BCUT2D eigenvalue weighted by atomic mass is 9.98. The monoisotopic (exact) mass is 331 g/mol. The van der Waals surface area contributed by atoms with E-state index in [9.17, 15) is 4.79 Å². The number of fused-ring (bicyclic) bond motifs is 1. The number of benzene rings is 2. The molecule has 2 heterocycles. The second kappa shape index (κ2) is 6.32. The van der Waals surface area contributed by atoms with Gasteiger partial charge in [0.05, 0.1) is 11.0 Å². The molecule has 0 amide bonds. The van der Waals surface area contributed by atoms with Crippen LogP contribution >= 0.6 is 0 Å². The highest BCUT2D eigenvalue weighted by Gasteiger charge is 2.17. The van der Waals surface area contributed by atoms with E-state index in [1.165, 1.54) is 6.33 Å². The normalized spacial score (nSPS) is 12.4. The van der Waals surface area contributed by atoms with Crippen LogP contribution in [0.4, 0.5) is 0 Å². The topological polar surface area (TPSA) is 76.5 Å². The Hall–Kier alpha value is -3.28. The van der Waals surface area contributed by atoms with Gasteiger partial charge in [0.1, 0.15) is 24.4 Å². The van der Waals surface area contributed by atoms with Crippen LogP contribution in [0.25, 0.3) is 11.0 Å². The SMILES string of the molecule is CCc1nc2ccc(C(c3ccccc3)n3cncn3)cc2[nH]c1=O. The second-order valence-electron chi connectivity index (χ2n) is 5.83. The van der Waals surface area contributed by atoms with Gasteiger partial charge in [-0.2, -0.15) is 5.10 Å². The van der Waals surface area contributed by atoms with E-state index in [0.717, 1.165) is 22.2 Å². The van der Waals surface area contributed by atoms with Crippen molar-refractivity contribution in [3.8, 4) is 0 Å². The fourth-order valence-electron chi connectivity index (χ4n) is 3.04. The maximum Gasteiger partial charge on any atom is 0.270 e. The highest BCUT2D eigenvalue weighted by molar-refractivity contribution is 5.75. The van der Waals surface area contributed by atoms with Crippen molar-refractivity contribution >= 4 is 11.0 Å². The van der Waals surface area contributed by atoms with Crippen molar-refractivity contribution in [1.29, 1.82) is 0 Å². The fraction of sp³-hybridized carbons (Fsp3) is 0.158. The molecule has 2 aromatic heterocycles. The molecular weight excluding hydrogens is 314 g/mol. The first-order chi connectivity index (χ1) is 12.3. The number of nitrogens with one attached hydrogen (secondary N) is 1. The molecule has 1 N–H and O–H groups in total. The van der Waals surface area contributed by atoms with Crippen LogP contribution in [0.2, 0.25) is 0 Å². The van der Waals surface area contributed by atoms with Gasteiger partial charge in [-0.05, 0) is 29.7 Å². The molecule has 0 aliphatic rings. The summed E-state index contributed by atoms with van der Waals surface area (Å²) >= 11 is 0. The largest absolute Gasteiger partial charge is 0.319 e. The predicted molar refractivity (Wildman–Crippen MR) is 95.4 cm³/mol. The molecule has 25 heavy (non-hydrogen) atoms. The van der Waals surface area contributed by atoms with Crippen LogP contribution in [0.1, 0.15) is 29.8 Å². The third-order valence-electron chi connectivity index (χ3n) is 4.25. The Morgan fingerprint density at radius 1 is 1.12 bits per heavy atom. The molecule has 124 valence electrons. The first-order valence-electron chi connectivity index (χ1n) is 8.18. The predicted octanol–water partition coefficient (Wildman–Crippen LogP) is 2.71. The van der Waals surface area contributed by atoms with Crippen LogP contribution in [0, 0.1) is 0 Å². The Kier molecular flexibility index (Phi) is 3.85. The summed E-state index contributed by atoms with van der Waals surface area (Å²) in [7, 11) is 0. The van der Waals surface area contributed by atoms with Crippen molar-refractivity contribution in [2.75, 3.05) is 0 Å². The maximum atomic E-state index is 12.1. The molecule has 2 aromatic carbocycles. The van der Waals surface area contributed by atoms with E-state index in [1.54, 1.807) is 6.33 Å². The minimum Gasteiger partial charge on any atom is -0.319 e. The van der Waals surface area contributed by atoms with Crippen molar-refractivity contribution in [3.05, 3.63) is 88.4 Å². The summed E-state index contributed by atoms with van der Waals surface area (Å²) in [5, 5.41) is 4.31. The van der Waals surface area contributed by atoms with E-state index in [2.05, 4.69) is 32.2 Å². The molecule has 0 bridgehead atoms. The van der Waals surface area contributed by atoms with E-state index < -0.39 is 0 Å². The van der Waals surface area contributed by atoms with Crippen molar-refractivity contribution in [1.82, 2.24) is 24.7 Å². The third kappa shape index (κ3) is 2.82. The molecular formula is C19H17N5O. The summed E-state index contributed by atoms with van der Waals surface area (Å²) in [6.07, 6.45) is 3.83. The van der Waals surface area contributed by atoms with Crippen molar-refractivity contribution in [2.24, 2.45) is 0 Å². The lowest BCUT2D eigenvalue weighted by Gasteiger charge is -2.18. The summed E-state index contributed by atoms with van der Waals surface area (Å²) in [6.45, 7) is 1.92. The zero-order valence-electron chi connectivity index (χ0n) is 13.8. The van der Waals surface area contributed by atoms with Crippen molar-refractivity contribution < 1.29 is 0 Å². The zero-order valence-corrected chi connectivity index (χ0v) is 13.8. The summed E-state index contributed by atoms with van der Waals surface area (Å²) in [4.78, 5) is 23.6. The number of aromatic nitrogens is 5. The number of aromatic amines is 1. The molecule has 0 spiro atoms. The van der Waals surface area contributed by atoms with E-state index in [0.29, 0.717) is 12.1 Å². The number of nitrogens with zero attached hydrogens (tertiary/aromatic N) is 4. The van der Waals surface area contributed by atoms with Gasteiger partial charge in [0.15, 0.2) is 0 Å². The highest BCUT2D eigenvalue weighted by atomic mass is 16.1. The van der Waals surface area contributed by atoms with Gasteiger partial charge in [-0.3, -0.25) is 4.79 Å². The molecule has 1 unspecified atom stereocenters. The van der Waals surface area contributed by atoms with E-state index in [-0.39, 0.29) is 11.6 Å². The molecule has 6 nitrogen and oxygen atoms in total.